The number of hydrogen-bond acceptors (Lipinski definition) is 4. The Morgan fingerprint density at radius 3 is 2.82 bits per heavy atom. The molecule has 0 fully saturated rings. The summed E-state index contributed by atoms with van der Waals surface area (Å²) >= 11 is 7.60. The third-order valence-corrected chi connectivity index (χ3v) is 5.76. The molecule has 0 bridgehead atoms. The number of allylic oxidation sites excluding steroid dienone is 1. The van der Waals surface area contributed by atoms with E-state index in [1.807, 2.05) is 23.6 Å². The van der Waals surface area contributed by atoms with E-state index in [1.54, 1.807) is 12.1 Å². The highest BCUT2D eigenvalue weighted by molar-refractivity contribution is 7.98. The summed E-state index contributed by atoms with van der Waals surface area (Å²) in [5, 5.41) is 9.70. The van der Waals surface area contributed by atoms with Gasteiger partial charge in [0.15, 0.2) is 11.0 Å². The van der Waals surface area contributed by atoms with Gasteiger partial charge in [0.1, 0.15) is 18.2 Å². The number of nitrogens with zero attached hydrogens (tertiary/aromatic N) is 3. The van der Waals surface area contributed by atoms with Crippen molar-refractivity contribution in [3.63, 3.8) is 0 Å². The molecule has 0 radical (unpaired) electrons. The van der Waals surface area contributed by atoms with Gasteiger partial charge in [0.05, 0.1) is 0 Å². The van der Waals surface area contributed by atoms with Crippen LogP contribution in [-0.4, -0.2) is 14.8 Å². The fourth-order valence-corrected chi connectivity index (χ4v) is 3.93. The fourth-order valence-electron chi connectivity index (χ4n) is 2.65. The minimum absolute atomic E-state index is 0.309. The maximum Gasteiger partial charge on any atom is 0.191 e. The zero-order chi connectivity index (χ0) is 20.1. The number of hydrogen-bond donors (Lipinski definition) is 0. The lowest BCUT2D eigenvalue weighted by Crippen LogP contribution is -2.08. The van der Waals surface area contributed by atoms with Crippen LogP contribution in [0.5, 0.6) is 5.75 Å². The Morgan fingerprint density at radius 2 is 2.07 bits per heavy atom. The quantitative estimate of drug-likeness (QED) is 0.346. The molecule has 7 heteroatoms. The smallest absolute Gasteiger partial charge is 0.191 e. The van der Waals surface area contributed by atoms with Gasteiger partial charge >= 0.3 is 0 Å². The van der Waals surface area contributed by atoms with Crippen LogP contribution in [0.1, 0.15) is 22.5 Å². The molecule has 0 unspecified atom stereocenters. The van der Waals surface area contributed by atoms with Crippen LogP contribution < -0.4 is 4.74 Å². The molecule has 0 N–H and O–H groups in total. The van der Waals surface area contributed by atoms with Crippen molar-refractivity contribution >= 4 is 23.4 Å². The van der Waals surface area contributed by atoms with Crippen LogP contribution in [0, 0.1) is 19.7 Å². The topological polar surface area (TPSA) is 39.9 Å². The summed E-state index contributed by atoms with van der Waals surface area (Å²) in [4.78, 5) is 0. The van der Waals surface area contributed by atoms with E-state index in [9.17, 15) is 4.39 Å². The third-order valence-electron chi connectivity index (χ3n) is 4.39. The van der Waals surface area contributed by atoms with Gasteiger partial charge in [-0.25, -0.2) is 4.39 Å². The summed E-state index contributed by atoms with van der Waals surface area (Å²) in [7, 11) is 0. The second-order valence-corrected chi connectivity index (χ2v) is 7.66. The van der Waals surface area contributed by atoms with Gasteiger partial charge in [0.2, 0.25) is 0 Å². The molecule has 146 valence electrons. The first-order chi connectivity index (χ1) is 13.5. The molecular weight excluding hydrogens is 397 g/mol. The van der Waals surface area contributed by atoms with Crippen LogP contribution in [-0.2, 0) is 18.9 Å². The number of thioether (sulfide) groups is 1. The van der Waals surface area contributed by atoms with E-state index in [0.717, 1.165) is 22.0 Å². The highest BCUT2D eigenvalue weighted by Crippen LogP contribution is 2.27. The predicted octanol–water partition coefficient (Wildman–Crippen LogP) is 5.74. The van der Waals surface area contributed by atoms with Crippen LogP contribution in [0.15, 0.2) is 54.2 Å². The maximum atomic E-state index is 13.2. The molecule has 1 heterocycles. The molecule has 3 aromatic rings. The summed E-state index contributed by atoms with van der Waals surface area (Å²) in [6, 6.07) is 10.4. The highest BCUT2D eigenvalue weighted by atomic mass is 35.5. The first-order valence-corrected chi connectivity index (χ1v) is 10.1. The van der Waals surface area contributed by atoms with Crippen molar-refractivity contribution in [1.29, 1.82) is 0 Å². The van der Waals surface area contributed by atoms with Gasteiger partial charge in [0, 0.05) is 17.3 Å². The minimum atomic E-state index is -0.348. The summed E-state index contributed by atoms with van der Waals surface area (Å²) in [5.41, 5.74) is 3.13. The van der Waals surface area contributed by atoms with E-state index in [2.05, 4.69) is 29.8 Å². The number of benzene rings is 2. The molecule has 3 rings (SSSR count). The molecule has 0 saturated carbocycles. The molecule has 2 aromatic carbocycles. The third kappa shape index (κ3) is 4.75. The largest absolute Gasteiger partial charge is 0.485 e. The first kappa shape index (κ1) is 20.4. The standard InChI is InChI=1S/C21H21ClFN3OS/c1-4-10-26-20(12-27-19-7-5-6-14(2)15(19)3)24-25-21(26)28-13-16-8-9-17(23)11-18(16)22/h4-9,11H,1,10,12-13H2,2-3H3. The summed E-state index contributed by atoms with van der Waals surface area (Å²) in [5.74, 6) is 1.76. The number of ether oxygens (including phenoxy) is 1. The van der Waals surface area contributed by atoms with Crippen molar-refractivity contribution < 1.29 is 9.13 Å². The van der Waals surface area contributed by atoms with Gasteiger partial charge in [-0.1, -0.05) is 47.6 Å². The Balaban J connectivity index is 1.73. The van der Waals surface area contributed by atoms with E-state index in [4.69, 9.17) is 16.3 Å². The van der Waals surface area contributed by atoms with Crippen molar-refractivity contribution in [3.8, 4) is 5.75 Å². The van der Waals surface area contributed by atoms with Gasteiger partial charge in [-0.3, -0.25) is 4.57 Å². The SMILES string of the molecule is C=CCn1c(COc2cccc(C)c2C)nnc1SCc1ccc(F)cc1Cl. The first-order valence-electron chi connectivity index (χ1n) is 8.78. The van der Waals surface area contributed by atoms with Crippen molar-refractivity contribution in [2.24, 2.45) is 0 Å². The molecule has 0 amide bonds. The van der Waals surface area contributed by atoms with Gasteiger partial charge in [-0.05, 0) is 48.7 Å². The Bertz CT molecular complexity index is 990. The Kier molecular flexibility index (Phi) is 6.75. The van der Waals surface area contributed by atoms with Crippen LogP contribution >= 0.6 is 23.4 Å². The molecule has 0 saturated heterocycles. The normalized spacial score (nSPS) is 10.9. The van der Waals surface area contributed by atoms with E-state index in [0.29, 0.717) is 29.8 Å². The number of rotatable bonds is 8. The Hall–Kier alpha value is -2.31. The molecule has 0 spiro atoms. The van der Waals surface area contributed by atoms with Gasteiger partial charge in [0.25, 0.3) is 0 Å². The summed E-state index contributed by atoms with van der Waals surface area (Å²) in [6.45, 7) is 8.78. The number of halogens is 2. The Labute approximate surface area is 173 Å². The van der Waals surface area contributed by atoms with Crippen LogP contribution in [0.4, 0.5) is 4.39 Å². The van der Waals surface area contributed by atoms with Crippen molar-refractivity contribution in [2.75, 3.05) is 0 Å². The van der Waals surface area contributed by atoms with E-state index in [-0.39, 0.29) is 5.82 Å². The van der Waals surface area contributed by atoms with E-state index in [1.165, 1.54) is 29.5 Å². The summed E-state index contributed by atoms with van der Waals surface area (Å²) in [6.07, 6.45) is 1.79. The molecule has 0 atom stereocenters. The monoisotopic (exact) mass is 417 g/mol. The van der Waals surface area contributed by atoms with Crippen molar-refractivity contribution in [3.05, 3.63) is 82.4 Å². The average molecular weight is 418 g/mol. The fraction of sp³-hybridized carbons (Fsp3) is 0.238. The van der Waals surface area contributed by atoms with E-state index < -0.39 is 0 Å². The van der Waals surface area contributed by atoms with Gasteiger partial charge < -0.3 is 4.74 Å². The van der Waals surface area contributed by atoms with Crippen molar-refractivity contribution in [2.45, 2.75) is 37.9 Å². The molecule has 28 heavy (non-hydrogen) atoms. The van der Waals surface area contributed by atoms with Crippen molar-refractivity contribution in [1.82, 2.24) is 14.8 Å². The lowest BCUT2D eigenvalue weighted by Gasteiger charge is -2.12. The van der Waals surface area contributed by atoms with Crippen LogP contribution in [0.25, 0.3) is 0 Å². The van der Waals surface area contributed by atoms with Gasteiger partial charge in [-0.15, -0.1) is 16.8 Å². The molecular formula is C21H21ClFN3OS. The number of aryl methyl sites for hydroxylation is 1. The second kappa shape index (κ2) is 9.26. The lowest BCUT2D eigenvalue weighted by atomic mass is 10.1. The maximum absolute atomic E-state index is 13.2. The molecule has 0 aliphatic carbocycles. The minimum Gasteiger partial charge on any atom is -0.485 e. The summed E-state index contributed by atoms with van der Waals surface area (Å²) < 4.78 is 21.1. The molecule has 0 aliphatic heterocycles. The number of aromatic nitrogens is 3. The molecule has 1 aromatic heterocycles. The van der Waals surface area contributed by atoms with E-state index >= 15 is 0 Å². The average Bonchev–Trinajstić information content (AvgIpc) is 3.04. The van der Waals surface area contributed by atoms with Crippen LogP contribution in [0.2, 0.25) is 5.02 Å². The predicted molar refractivity (Wildman–Crippen MR) is 111 cm³/mol. The zero-order valence-electron chi connectivity index (χ0n) is 15.8. The van der Waals surface area contributed by atoms with Crippen LogP contribution in [0.3, 0.4) is 0 Å². The Morgan fingerprint density at radius 1 is 1.25 bits per heavy atom. The zero-order valence-corrected chi connectivity index (χ0v) is 17.4. The highest BCUT2D eigenvalue weighted by Gasteiger charge is 2.14. The molecule has 0 aliphatic rings. The molecule has 4 nitrogen and oxygen atoms in total. The van der Waals surface area contributed by atoms with Gasteiger partial charge in [-0.2, -0.15) is 0 Å². The second-order valence-electron chi connectivity index (χ2n) is 6.31. The lowest BCUT2D eigenvalue weighted by molar-refractivity contribution is 0.287.